The SMILES string of the molecule is CCOc1cc(C2C(C#N)=C(N)Oc3cc(OC(=O)COc4cc(C)cc(C)c4)ccc32)ccc1OCc1ccc(C)cc1. The number of esters is 1. The molecule has 8 heteroatoms. The van der Waals surface area contributed by atoms with Crippen molar-refractivity contribution >= 4 is 5.97 Å². The first kappa shape index (κ1) is 30.1. The summed E-state index contributed by atoms with van der Waals surface area (Å²) < 4.78 is 29.0. The highest BCUT2D eigenvalue weighted by Crippen LogP contribution is 2.45. The number of benzene rings is 4. The van der Waals surface area contributed by atoms with Crippen molar-refractivity contribution in [2.45, 2.75) is 40.2 Å². The van der Waals surface area contributed by atoms with E-state index in [1.54, 1.807) is 18.2 Å². The Labute approximate surface area is 257 Å². The second-order valence-electron chi connectivity index (χ2n) is 10.6. The fourth-order valence-corrected chi connectivity index (χ4v) is 5.10. The van der Waals surface area contributed by atoms with Gasteiger partial charge in [0.2, 0.25) is 5.88 Å². The van der Waals surface area contributed by atoms with E-state index in [0.717, 1.165) is 22.3 Å². The van der Waals surface area contributed by atoms with Crippen LogP contribution in [0.4, 0.5) is 0 Å². The van der Waals surface area contributed by atoms with Gasteiger partial charge in [0.15, 0.2) is 18.1 Å². The van der Waals surface area contributed by atoms with Crippen molar-refractivity contribution in [3.05, 3.63) is 124 Å². The molecule has 0 bridgehead atoms. The van der Waals surface area contributed by atoms with Crippen LogP contribution in [-0.2, 0) is 11.4 Å². The molecule has 1 heterocycles. The summed E-state index contributed by atoms with van der Waals surface area (Å²) in [5.41, 5.74) is 12.2. The molecule has 0 spiro atoms. The Morgan fingerprint density at radius 2 is 1.59 bits per heavy atom. The zero-order chi connectivity index (χ0) is 31.2. The van der Waals surface area contributed by atoms with Crippen LogP contribution < -0.4 is 29.4 Å². The van der Waals surface area contributed by atoms with Crippen LogP contribution in [0.5, 0.6) is 28.7 Å². The fourth-order valence-electron chi connectivity index (χ4n) is 5.10. The molecule has 1 unspecified atom stereocenters. The van der Waals surface area contributed by atoms with E-state index in [-0.39, 0.29) is 23.8 Å². The van der Waals surface area contributed by atoms with Gasteiger partial charge in [0.05, 0.1) is 12.5 Å². The summed E-state index contributed by atoms with van der Waals surface area (Å²) in [6.07, 6.45) is 0. The van der Waals surface area contributed by atoms with E-state index in [0.29, 0.717) is 41.8 Å². The highest BCUT2D eigenvalue weighted by Gasteiger charge is 2.32. The van der Waals surface area contributed by atoms with E-state index in [9.17, 15) is 10.1 Å². The topological polar surface area (TPSA) is 113 Å². The molecule has 0 saturated carbocycles. The van der Waals surface area contributed by atoms with Crippen LogP contribution in [0.1, 0.15) is 46.2 Å². The summed E-state index contributed by atoms with van der Waals surface area (Å²) in [6, 6.07) is 26.7. The number of fused-ring (bicyclic) bond motifs is 1. The summed E-state index contributed by atoms with van der Waals surface area (Å²) in [5.74, 6) is 1.25. The van der Waals surface area contributed by atoms with Crippen LogP contribution in [0.15, 0.2) is 90.3 Å². The Morgan fingerprint density at radius 1 is 0.841 bits per heavy atom. The summed E-state index contributed by atoms with van der Waals surface area (Å²) >= 11 is 0. The lowest BCUT2D eigenvalue weighted by Crippen LogP contribution is -2.22. The van der Waals surface area contributed by atoms with E-state index in [1.165, 1.54) is 5.56 Å². The lowest BCUT2D eigenvalue weighted by Gasteiger charge is -2.27. The van der Waals surface area contributed by atoms with Gasteiger partial charge in [0, 0.05) is 11.6 Å². The Hall–Kier alpha value is -5.42. The molecule has 4 aromatic rings. The minimum absolute atomic E-state index is 0.0238. The van der Waals surface area contributed by atoms with E-state index >= 15 is 0 Å². The number of nitriles is 1. The zero-order valence-corrected chi connectivity index (χ0v) is 25.2. The number of allylic oxidation sites excluding steroid dienone is 1. The molecule has 0 fully saturated rings. The van der Waals surface area contributed by atoms with Crippen LogP contribution >= 0.6 is 0 Å². The Morgan fingerprint density at radius 3 is 2.30 bits per heavy atom. The lowest BCUT2D eigenvalue weighted by molar-refractivity contribution is -0.136. The number of carbonyl (C=O) groups is 1. The van der Waals surface area contributed by atoms with Gasteiger partial charge < -0.3 is 29.4 Å². The average molecular weight is 591 g/mol. The maximum Gasteiger partial charge on any atom is 0.349 e. The monoisotopic (exact) mass is 590 g/mol. The third-order valence-electron chi connectivity index (χ3n) is 7.09. The normalized spacial score (nSPS) is 13.8. The van der Waals surface area contributed by atoms with Crippen molar-refractivity contribution in [2.24, 2.45) is 5.73 Å². The van der Waals surface area contributed by atoms with Crippen molar-refractivity contribution < 1.29 is 28.5 Å². The van der Waals surface area contributed by atoms with E-state index in [2.05, 4.69) is 6.07 Å². The summed E-state index contributed by atoms with van der Waals surface area (Å²) in [4.78, 5) is 12.6. The number of aryl methyl sites for hydroxylation is 3. The highest BCUT2D eigenvalue weighted by atomic mass is 16.6. The second kappa shape index (κ2) is 13.3. The molecule has 5 rings (SSSR count). The van der Waals surface area contributed by atoms with Gasteiger partial charge in [-0.15, -0.1) is 0 Å². The molecule has 1 atom stereocenters. The molecule has 44 heavy (non-hydrogen) atoms. The van der Waals surface area contributed by atoms with Crippen molar-refractivity contribution in [1.29, 1.82) is 5.26 Å². The predicted molar refractivity (Wildman–Crippen MR) is 166 cm³/mol. The number of hydrogen-bond donors (Lipinski definition) is 1. The Bertz CT molecular complexity index is 1730. The van der Waals surface area contributed by atoms with Crippen LogP contribution in [0.2, 0.25) is 0 Å². The van der Waals surface area contributed by atoms with Gasteiger partial charge in [-0.05, 0) is 80.3 Å². The first-order valence-electron chi connectivity index (χ1n) is 14.3. The molecule has 0 aromatic heterocycles. The molecule has 0 amide bonds. The van der Waals surface area contributed by atoms with Crippen molar-refractivity contribution in [3.8, 4) is 34.8 Å². The van der Waals surface area contributed by atoms with Crippen LogP contribution in [0.25, 0.3) is 0 Å². The molecule has 0 aliphatic carbocycles. The van der Waals surface area contributed by atoms with Crippen molar-refractivity contribution in [1.82, 2.24) is 0 Å². The summed E-state index contributed by atoms with van der Waals surface area (Å²) in [6.45, 7) is 8.41. The van der Waals surface area contributed by atoms with Crippen molar-refractivity contribution in [2.75, 3.05) is 13.2 Å². The second-order valence-corrected chi connectivity index (χ2v) is 10.6. The minimum Gasteiger partial charge on any atom is -0.490 e. The molecule has 8 nitrogen and oxygen atoms in total. The Balaban J connectivity index is 1.36. The zero-order valence-electron chi connectivity index (χ0n) is 25.2. The van der Waals surface area contributed by atoms with Gasteiger partial charge in [-0.1, -0.05) is 48.0 Å². The third kappa shape index (κ3) is 6.96. The van der Waals surface area contributed by atoms with Gasteiger partial charge >= 0.3 is 5.97 Å². The number of nitrogens with zero attached hydrogens (tertiary/aromatic N) is 1. The first-order chi connectivity index (χ1) is 21.2. The van der Waals surface area contributed by atoms with Gasteiger partial charge in [-0.3, -0.25) is 0 Å². The highest BCUT2D eigenvalue weighted by molar-refractivity contribution is 5.74. The largest absolute Gasteiger partial charge is 0.490 e. The molecule has 224 valence electrons. The molecule has 1 aliphatic rings. The maximum absolute atomic E-state index is 12.6. The predicted octanol–water partition coefficient (Wildman–Crippen LogP) is 6.79. The average Bonchev–Trinajstić information content (AvgIpc) is 2.99. The molecule has 0 radical (unpaired) electrons. The fraction of sp³-hybridized carbons (Fsp3) is 0.222. The smallest absolute Gasteiger partial charge is 0.349 e. The van der Waals surface area contributed by atoms with Crippen molar-refractivity contribution in [3.63, 3.8) is 0 Å². The van der Waals surface area contributed by atoms with Gasteiger partial charge in [0.25, 0.3) is 0 Å². The van der Waals surface area contributed by atoms with Crippen LogP contribution in [-0.4, -0.2) is 19.2 Å². The van der Waals surface area contributed by atoms with Gasteiger partial charge in [-0.25, -0.2) is 4.79 Å². The summed E-state index contributed by atoms with van der Waals surface area (Å²) in [7, 11) is 0. The van der Waals surface area contributed by atoms with Crippen LogP contribution in [0, 0.1) is 32.1 Å². The number of hydrogen-bond acceptors (Lipinski definition) is 8. The standard InChI is InChI=1S/C36H34N2O6/c1-5-40-33-17-26(10-13-31(33)42-20-25-8-6-22(2)7-9-25)35-29-12-11-27(18-32(29)44-36(38)30(35)19-37)43-34(39)21-41-28-15-23(3)14-24(4)16-28/h6-18,35H,5,20-21,38H2,1-4H3. The number of carbonyl (C=O) groups excluding carboxylic acids is 1. The number of rotatable bonds is 10. The van der Waals surface area contributed by atoms with E-state index in [1.807, 2.05) is 88.4 Å². The summed E-state index contributed by atoms with van der Waals surface area (Å²) in [5, 5.41) is 10.0. The molecule has 4 aromatic carbocycles. The number of nitrogens with two attached hydrogens (primary N) is 1. The van der Waals surface area contributed by atoms with Crippen LogP contribution in [0.3, 0.4) is 0 Å². The quantitative estimate of drug-likeness (QED) is 0.159. The third-order valence-corrected chi connectivity index (χ3v) is 7.09. The molecule has 0 saturated heterocycles. The minimum atomic E-state index is -0.569. The number of ether oxygens (including phenoxy) is 5. The van der Waals surface area contributed by atoms with Gasteiger partial charge in [0.1, 0.15) is 35.5 Å². The van der Waals surface area contributed by atoms with E-state index < -0.39 is 11.9 Å². The lowest BCUT2D eigenvalue weighted by atomic mass is 9.83. The molecular weight excluding hydrogens is 556 g/mol. The maximum atomic E-state index is 12.6. The first-order valence-corrected chi connectivity index (χ1v) is 14.3. The molecular formula is C36H34N2O6. The van der Waals surface area contributed by atoms with E-state index in [4.69, 9.17) is 29.4 Å². The molecule has 1 aliphatic heterocycles. The van der Waals surface area contributed by atoms with Gasteiger partial charge in [-0.2, -0.15) is 5.26 Å². The molecule has 2 N–H and O–H groups in total. The Kier molecular flexibility index (Phi) is 9.06.